The Kier molecular flexibility index (Phi) is 8.96. The maximum atomic E-state index is 9.87. The van der Waals surface area contributed by atoms with Gasteiger partial charge in [0.1, 0.15) is 0 Å². The summed E-state index contributed by atoms with van der Waals surface area (Å²) in [5.41, 5.74) is 14.7. The summed E-state index contributed by atoms with van der Waals surface area (Å²) in [6.07, 6.45) is 0. The van der Waals surface area contributed by atoms with Gasteiger partial charge in [-0.3, -0.25) is 0 Å². The molecule has 2 rings (SSSR count). The molecule has 0 fully saturated rings. The Hall–Kier alpha value is -0.784. The van der Waals surface area contributed by atoms with Crippen molar-refractivity contribution in [2.24, 2.45) is 0 Å². The molecule has 0 heterocycles. The normalized spacial score (nSPS) is 13.3. The van der Waals surface area contributed by atoms with E-state index in [0.717, 1.165) is 0 Å². The smallest absolute Gasteiger partial charge is 3.00 e. The van der Waals surface area contributed by atoms with Gasteiger partial charge in [-0.2, -0.15) is 55.6 Å². The van der Waals surface area contributed by atoms with Crippen LogP contribution in [0.5, 0.6) is 0 Å². The first-order valence-corrected chi connectivity index (χ1v) is 10.5. The molecule has 0 aliphatic carbocycles. The van der Waals surface area contributed by atoms with Crippen LogP contribution in [0, 0.1) is 69.2 Å². The van der Waals surface area contributed by atoms with E-state index in [1.807, 2.05) is 0 Å². The number of halogens is 6. The van der Waals surface area contributed by atoms with Crippen LogP contribution in [-0.2, 0) is 16.8 Å². The third-order valence-electron chi connectivity index (χ3n) is 5.62. The van der Waals surface area contributed by atoms with Gasteiger partial charge in [0, 0.05) is 0 Å². The monoisotopic (exact) mass is 474 g/mol. The third kappa shape index (κ3) is 9.62. The summed E-state index contributed by atoms with van der Waals surface area (Å²) in [6, 6.07) is 0. The first-order valence-electron chi connectivity index (χ1n) is 8.51. The van der Waals surface area contributed by atoms with Gasteiger partial charge in [-0.1, -0.05) is 69.2 Å². The zero-order valence-corrected chi connectivity index (χ0v) is 20.0. The van der Waals surface area contributed by atoms with Crippen molar-refractivity contribution in [3.8, 4) is 0 Å². The number of hydrogen-bond donors (Lipinski definition) is 0. The average molecular weight is 474 g/mol. The molecule has 0 atom stereocenters. The molecule has 8 heteroatoms. The Bertz CT molecular complexity index is 596. The molecule has 0 saturated heterocycles. The molecular formula is C20H30CoF6P. The van der Waals surface area contributed by atoms with Gasteiger partial charge in [-0.15, -0.1) is 0 Å². The first kappa shape index (κ1) is 29.4. The van der Waals surface area contributed by atoms with Crippen molar-refractivity contribution in [2.75, 3.05) is 0 Å². The van der Waals surface area contributed by atoms with Crippen molar-refractivity contribution in [1.82, 2.24) is 0 Å². The van der Waals surface area contributed by atoms with Crippen LogP contribution in [0.1, 0.15) is 55.6 Å². The Morgan fingerprint density at radius 1 is 0.464 bits per heavy atom. The van der Waals surface area contributed by atoms with E-state index >= 15 is 0 Å². The van der Waals surface area contributed by atoms with Crippen molar-refractivity contribution < 1.29 is 42.0 Å². The largest absolute Gasteiger partial charge is 3.00 e. The molecule has 0 nitrogen and oxygen atoms in total. The molecule has 166 valence electrons. The molecule has 0 bridgehead atoms. The molecule has 0 N–H and O–H groups in total. The van der Waals surface area contributed by atoms with Crippen molar-refractivity contribution in [1.29, 1.82) is 0 Å². The van der Waals surface area contributed by atoms with Crippen LogP contribution in [0.4, 0.5) is 25.2 Å². The summed E-state index contributed by atoms with van der Waals surface area (Å²) in [6.45, 7) is 22.0. The molecule has 2 aromatic carbocycles. The molecule has 0 aliphatic rings. The molecule has 0 unspecified atom stereocenters. The molecule has 0 spiro atoms. The van der Waals surface area contributed by atoms with E-state index in [4.69, 9.17) is 0 Å². The van der Waals surface area contributed by atoms with Crippen LogP contribution in [0.3, 0.4) is 0 Å². The van der Waals surface area contributed by atoms with E-state index in [1.54, 1.807) is 0 Å². The zero-order chi connectivity index (χ0) is 22.2. The minimum atomic E-state index is -10.7. The van der Waals surface area contributed by atoms with Crippen molar-refractivity contribution in [2.45, 2.75) is 69.2 Å². The molecule has 0 aliphatic heterocycles. The SMILES string of the molecule is Cc1c(C)c(C)[c-](C)c1C.Cc1c(C)c(C)[c-](C)c1C.F[P-](F)(F)(F)(F)F.[Co+3]. The molecular weight excluding hydrogens is 444 g/mol. The van der Waals surface area contributed by atoms with Gasteiger partial charge in [0.05, 0.1) is 0 Å². The second kappa shape index (κ2) is 8.53. The van der Waals surface area contributed by atoms with Crippen LogP contribution in [-0.4, -0.2) is 0 Å². The van der Waals surface area contributed by atoms with Crippen LogP contribution in [0.2, 0.25) is 0 Å². The summed E-state index contributed by atoms with van der Waals surface area (Å²) in [4.78, 5) is 0. The second-order valence-electron chi connectivity index (χ2n) is 7.21. The summed E-state index contributed by atoms with van der Waals surface area (Å²) in [7, 11) is -10.7. The van der Waals surface area contributed by atoms with E-state index in [9.17, 15) is 25.2 Å². The predicted octanol–water partition coefficient (Wildman–Crippen LogP) is 9.28. The Labute approximate surface area is 174 Å². The maximum absolute atomic E-state index is 10.7. The zero-order valence-electron chi connectivity index (χ0n) is 18.0. The quantitative estimate of drug-likeness (QED) is 0.203. The van der Waals surface area contributed by atoms with Gasteiger partial charge in [0.2, 0.25) is 0 Å². The standard InChI is InChI=1S/2C10H15.Co.F6P/c2*1-6-7(2)9(4)10(5)8(6)3;;1-7(2,3,4,5)6/h2*1-5H3;;/q2*-1;+3;-1. The first-order chi connectivity index (χ1) is 11.6. The van der Waals surface area contributed by atoms with Crippen molar-refractivity contribution in [3.05, 3.63) is 55.6 Å². The van der Waals surface area contributed by atoms with E-state index in [0.29, 0.717) is 0 Å². The summed E-state index contributed by atoms with van der Waals surface area (Å²) in [5, 5.41) is 0. The summed E-state index contributed by atoms with van der Waals surface area (Å²) >= 11 is 0. The van der Waals surface area contributed by atoms with Gasteiger partial charge >= 0.3 is 49.8 Å². The van der Waals surface area contributed by atoms with Crippen LogP contribution in [0.15, 0.2) is 0 Å². The van der Waals surface area contributed by atoms with E-state index in [2.05, 4.69) is 69.2 Å². The summed E-state index contributed by atoms with van der Waals surface area (Å²) < 4.78 is 59.2. The number of hydrogen-bond acceptors (Lipinski definition) is 0. The van der Waals surface area contributed by atoms with Crippen LogP contribution in [0.25, 0.3) is 0 Å². The Balaban J connectivity index is 0. The van der Waals surface area contributed by atoms with Crippen molar-refractivity contribution in [3.63, 3.8) is 0 Å². The van der Waals surface area contributed by atoms with Crippen LogP contribution >= 0.6 is 7.81 Å². The topological polar surface area (TPSA) is 0 Å². The van der Waals surface area contributed by atoms with Crippen LogP contribution < -0.4 is 0 Å². The van der Waals surface area contributed by atoms with E-state index in [-0.39, 0.29) is 16.8 Å². The van der Waals surface area contributed by atoms with Gasteiger partial charge in [0.15, 0.2) is 0 Å². The van der Waals surface area contributed by atoms with E-state index in [1.165, 1.54) is 55.6 Å². The third-order valence-corrected chi connectivity index (χ3v) is 5.62. The molecule has 0 saturated carbocycles. The maximum Gasteiger partial charge on any atom is 3.00 e. The molecule has 0 radical (unpaired) electrons. The minimum absolute atomic E-state index is 0. The molecule has 2 aromatic rings. The van der Waals surface area contributed by atoms with Gasteiger partial charge in [-0.25, -0.2) is 0 Å². The average Bonchev–Trinajstić information content (AvgIpc) is 2.76. The molecule has 0 aromatic heterocycles. The van der Waals surface area contributed by atoms with Gasteiger partial charge in [-0.05, 0) is 0 Å². The Morgan fingerprint density at radius 3 is 0.607 bits per heavy atom. The van der Waals surface area contributed by atoms with Gasteiger partial charge in [0.25, 0.3) is 0 Å². The molecule has 28 heavy (non-hydrogen) atoms. The van der Waals surface area contributed by atoms with E-state index < -0.39 is 7.81 Å². The summed E-state index contributed by atoms with van der Waals surface area (Å²) in [5.74, 6) is 0. The fraction of sp³-hybridized carbons (Fsp3) is 0.500. The van der Waals surface area contributed by atoms with Crippen molar-refractivity contribution >= 4 is 7.81 Å². The molecule has 0 amide bonds. The fourth-order valence-corrected chi connectivity index (χ4v) is 2.81. The van der Waals surface area contributed by atoms with Gasteiger partial charge < -0.3 is 0 Å². The Morgan fingerprint density at radius 2 is 0.571 bits per heavy atom. The minimum Gasteiger partial charge on any atom is 3.00 e. The second-order valence-corrected chi connectivity index (χ2v) is 9.12. The number of rotatable bonds is 0. The predicted molar refractivity (Wildman–Crippen MR) is 105 cm³/mol. The fourth-order valence-electron chi connectivity index (χ4n) is 2.81.